The Hall–Kier alpha value is -2.49. The van der Waals surface area contributed by atoms with E-state index in [1.54, 1.807) is 43.5 Å². The number of carbonyl (C=O) groups is 2. The molecular weight excluding hydrogens is 444 g/mol. The van der Waals surface area contributed by atoms with Crippen LogP contribution in [0.3, 0.4) is 0 Å². The van der Waals surface area contributed by atoms with Gasteiger partial charge in [-0.25, -0.2) is 13.2 Å². The maximum atomic E-state index is 13.5. The second-order valence-corrected chi connectivity index (χ2v) is 10.0. The summed E-state index contributed by atoms with van der Waals surface area (Å²) >= 11 is 0. The summed E-state index contributed by atoms with van der Waals surface area (Å²) in [5.74, 6) is -0.854. The molecule has 0 radical (unpaired) electrons. The van der Waals surface area contributed by atoms with E-state index in [0.717, 1.165) is 12.8 Å². The van der Waals surface area contributed by atoms with Gasteiger partial charge in [0.25, 0.3) is 0 Å². The van der Waals surface area contributed by atoms with Gasteiger partial charge >= 0.3 is 5.97 Å². The zero-order valence-corrected chi connectivity index (χ0v) is 20.5. The van der Waals surface area contributed by atoms with Crippen molar-refractivity contribution in [2.24, 2.45) is 0 Å². The van der Waals surface area contributed by atoms with Crippen molar-refractivity contribution in [3.05, 3.63) is 52.8 Å². The van der Waals surface area contributed by atoms with Crippen LogP contribution >= 0.6 is 0 Å². The van der Waals surface area contributed by atoms with Crippen LogP contribution in [0.1, 0.15) is 58.8 Å². The summed E-state index contributed by atoms with van der Waals surface area (Å²) in [7, 11) is -3.92. The van der Waals surface area contributed by atoms with Gasteiger partial charge in [-0.3, -0.25) is 4.79 Å². The monoisotopic (exact) mass is 476 g/mol. The van der Waals surface area contributed by atoms with Gasteiger partial charge in [0.15, 0.2) is 5.78 Å². The van der Waals surface area contributed by atoms with Gasteiger partial charge in [-0.15, -0.1) is 0 Å². The van der Waals surface area contributed by atoms with Crippen molar-refractivity contribution >= 4 is 21.8 Å². The first-order valence-corrected chi connectivity index (χ1v) is 12.7. The second kappa shape index (κ2) is 10.6. The Bertz CT molecular complexity index is 1100. The summed E-state index contributed by atoms with van der Waals surface area (Å²) in [6.07, 6.45) is 1.35. The summed E-state index contributed by atoms with van der Waals surface area (Å²) in [6, 6.07) is 8.09. The highest BCUT2D eigenvalue weighted by atomic mass is 32.2. The Morgan fingerprint density at radius 2 is 1.88 bits per heavy atom. The molecule has 2 heterocycles. The fourth-order valence-electron chi connectivity index (χ4n) is 4.41. The van der Waals surface area contributed by atoms with E-state index >= 15 is 0 Å². The zero-order chi connectivity index (χ0) is 24.2. The van der Waals surface area contributed by atoms with E-state index in [1.165, 1.54) is 16.4 Å². The fraction of sp³-hybridized carbons (Fsp3) is 0.500. The normalized spacial score (nSPS) is 16.3. The molecule has 180 valence electrons. The van der Waals surface area contributed by atoms with Gasteiger partial charge < -0.3 is 14.0 Å². The fourth-order valence-corrected chi connectivity index (χ4v) is 5.86. The number of sulfonamides is 1. The van der Waals surface area contributed by atoms with Crippen LogP contribution in [0.5, 0.6) is 0 Å². The molecule has 2 aromatic rings. The van der Waals surface area contributed by atoms with E-state index < -0.39 is 16.0 Å². The molecule has 0 aliphatic carbocycles. The van der Waals surface area contributed by atoms with E-state index in [1.807, 2.05) is 6.92 Å². The third kappa shape index (κ3) is 5.20. The molecule has 8 nitrogen and oxygen atoms in total. The predicted octanol–water partition coefficient (Wildman–Crippen LogP) is 3.35. The van der Waals surface area contributed by atoms with Crippen molar-refractivity contribution in [1.29, 1.82) is 0 Å². The molecule has 0 spiro atoms. The number of esters is 1. The summed E-state index contributed by atoms with van der Waals surface area (Å²) in [4.78, 5) is 26.2. The number of rotatable bonds is 10. The maximum Gasteiger partial charge on any atom is 0.355 e. The Morgan fingerprint density at radius 3 is 2.45 bits per heavy atom. The van der Waals surface area contributed by atoms with Crippen LogP contribution in [-0.2, 0) is 26.0 Å². The zero-order valence-electron chi connectivity index (χ0n) is 19.7. The topological polar surface area (TPSA) is 94.9 Å². The minimum Gasteiger partial charge on any atom is -0.461 e. The van der Waals surface area contributed by atoms with Crippen LogP contribution in [0.4, 0.5) is 0 Å². The lowest BCUT2D eigenvalue weighted by Gasteiger charge is -2.24. The first-order chi connectivity index (χ1) is 15.7. The number of nitrogens with zero attached hydrogens (tertiary/aromatic N) is 2. The highest BCUT2D eigenvalue weighted by Gasteiger charge is 2.33. The number of aromatic nitrogens is 1. The molecule has 0 N–H and O–H groups in total. The van der Waals surface area contributed by atoms with Gasteiger partial charge in [0.05, 0.1) is 24.2 Å². The quantitative estimate of drug-likeness (QED) is 0.386. The Morgan fingerprint density at radius 1 is 1.18 bits per heavy atom. The van der Waals surface area contributed by atoms with Crippen molar-refractivity contribution in [1.82, 2.24) is 8.87 Å². The first-order valence-electron chi connectivity index (χ1n) is 11.3. The number of ether oxygens (including phenoxy) is 2. The van der Waals surface area contributed by atoms with E-state index in [9.17, 15) is 18.0 Å². The lowest BCUT2D eigenvalue weighted by atomic mass is 10.1. The molecule has 0 bridgehead atoms. The molecule has 1 saturated heterocycles. The Kier molecular flexibility index (Phi) is 8.10. The van der Waals surface area contributed by atoms with Gasteiger partial charge in [0.2, 0.25) is 10.0 Å². The average molecular weight is 477 g/mol. The van der Waals surface area contributed by atoms with E-state index in [2.05, 4.69) is 0 Å². The summed E-state index contributed by atoms with van der Waals surface area (Å²) in [5, 5.41) is 0. The molecule has 1 aliphatic heterocycles. The molecule has 1 aromatic carbocycles. The van der Waals surface area contributed by atoms with Gasteiger partial charge in [-0.1, -0.05) is 18.2 Å². The third-order valence-corrected chi connectivity index (χ3v) is 7.79. The summed E-state index contributed by atoms with van der Waals surface area (Å²) in [6.45, 7) is 8.12. The van der Waals surface area contributed by atoms with Crippen molar-refractivity contribution in [2.75, 3.05) is 26.3 Å². The van der Waals surface area contributed by atoms with E-state index in [0.29, 0.717) is 35.7 Å². The average Bonchev–Trinajstić information content (AvgIpc) is 3.39. The van der Waals surface area contributed by atoms with Crippen molar-refractivity contribution in [3.8, 4) is 0 Å². The number of hydrogen-bond donors (Lipinski definition) is 0. The number of ketones is 1. The van der Waals surface area contributed by atoms with Crippen LogP contribution in [0.25, 0.3) is 0 Å². The van der Waals surface area contributed by atoms with E-state index in [-0.39, 0.29) is 36.5 Å². The molecule has 1 aromatic heterocycles. The smallest absolute Gasteiger partial charge is 0.355 e. The standard InChI is InChI=1S/C24H32N2O6S/c1-5-26-18(4)22(17(3)23(26)24(28)31-6-2)21(27)16-25(15-19-11-10-14-32-19)33(29,30)20-12-8-7-9-13-20/h7-9,12-13,19H,5-6,10-11,14-16H2,1-4H3. The molecule has 9 heteroatoms. The highest BCUT2D eigenvalue weighted by Crippen LogP contribution is 2.26. The first kappa shape index (κ1) is 25.1. The van der Waals surface area contributed by atoms with E-state index in [4.69, 9.17) is 9.47 Å². The molecule has 3 rings (SSSR count). The van der Waals surface area contributed by atoms with Gasteiger partial charge in [0.1, 0.15) is 5.69 Å². The minimum absolute atomic E-state index is 0.0975. The molecule has 0 amide bonds. The molecule has 1 atom stereocenters. The molecule has 1 unspecified atom stereocenters. The van der Waals surface area contributed by atoms with Crippen molar-refractivity contribution in [2.45, 2.75) is 58.1 Å². The van der Waals surface area contributed by atoms with Crippen LogP contribution in [0.15, 0.2) is 35.2 Å². The van der Waals surface area contributed by atoms with Crippen molar-refractivity contribution < 1.29 is 27.5 Å². The number of benzene rings is 1. The Balaban J connectivity index is 1.98. The molecule has 1 fully saturated rings. The molecule has 0 saturated carbocycles. The van der Waals surface area contributed by atoms with Gasteiger partial charge in [-0.2, -0.15) is 4.31 Å². The summed E-state index contributed by atoms with van der Waals surface area (Å²) in [5.41, 5.74) is 1.82. The molecule has 33 heavy (non-hydrogen) atoms. The number of carbonyl (C=O) groups excluding carboxylic acids is 2. The van der Waals surface area contributed by atoms with Crippen LogP contribution < -0.4 is 0 Å². The van der Waals surface area contributed by atoms with Gasteiger partial charge in [-0.05, 0) is 58.2 Å². The van der Waals surface area contributed by atoms with Crippen molar-refractivity contribution in [3.63, 3.8) is 0 Å². The SMILES string of the molecule is CCOC(=O)c1c(C)c(C(=O)CN(CC2CCCO2)S(=O)(=O)c2ccccc2)c(C)n1CC. The lowest BCUT2D eigenvalue weighted by molar-refractivity contribution is 0.0512. The maximum absolute atomic E-state index is 13.5. The summed E-state index contributed by atoms with van der Waals surface area (Å²) < 4.78 is 40.6. The van der Waals surface area contributed by atoms with Crippen LogP contribution in [-0.4, -0.2) is 61.4 Å². The largest absolute Gasteiger partial charge is 0.461 e. The van der Waals surface area contributed by atoms with Crippen LogP contribution in [0, 0.1) is 13.8 Å². The highest BCUT2D eigenvalue weighted by molar-refractivity contribution is 7.89. The van der Waals surface area contributed by atoms with Gasteiger partial charge in [0, 0.05) is 31.0 Å². The molecule has 1 aliphatic rings. The number of hydrogen-bond acceptors (Lipinski definition) is 6. The lowest BCUT2D eigenvalue weighted by Crippen LogP contribution is -2.41. The Labute approximate surface area is 195 Å². The van der Waals surface area contributed by atoms with Crippen LogP contribution in [0.2, 0.25) is 0 Å². The predicted molar refractivity (Wildman–Crippen MR) is 124 cm³/mol. The minimum atomic E-state index is -3.92. The number of Topliss-reactive ketones (excluding diaryl/α,β-unsaturated/α-hetero) is 1. The third-order valence-electron chi connectivity index (χ3n) is 5.96. The molecular formula is C24H32N2O6S. The second-order valence-electron chi connectivity index (χ2n) is 8.07.